The number of rotatable bonds is 0. The van der Waals surface area contributed by atoms with Gasteiger partial charge in [-0.2, -0.15) is 0 Å². The maximum absolute atomic E-state index is 4.84. The van der Waals surface area contributed by atoms with E-state index in [0.717, 1.165) is 11.8 Å². The summed E-state index contributed by atoms with van der Waals surface area (Å²) in [5.74, 6) is 1.64. The van der Waals surface area contributed by atoms with Crippen molar-refractivity contribution in [1.29, 1.82) is 0 Å². The van der Waals surface area contributed by atoms with Gasteiger partial charge in [-0.3, -0.25) is 4.99 Å². The Labute approximate surface area is 133 Å². The molecule has 0 amide bonds. The van der Waals surface area contributed by atoms with Crippen molar-refractivity contribution in [3.63, 3.8) is 0 Å². The molecular weight excluding hydrogens is 268 g/mol. The lowest BCUT2D eigenvalue weighted by Crippen LogP contribution is -2.61. The van der Waals surface area contributed by atoms with Gasteiger partial charge in [0, 0.05) is 23.2 Å². The summed E-state index contributed by atoms with van der Waals surface area (Å²) in [6, 6.07) is 9.49. The molecule has 2 saturated carbocycles. The van der Waals surface area contributed by atoms with Crippen molar-refractivity contribution in [2.75, 3.05) is 0 Å². The predicted molar refractivity (Wildman–Crippen MR) is 90.8 cm³/mol. The van der Waals surface area contributed by atoms with Crippen molar-refractivity contribution >= 4 is 11.9 Å². The highest BCUT2D eigenvalue weighted by atomic mass is 15.1. The summed E-state index contributed by atoms with van der Waals surface area (Å²) in [5, 5.41) is 4.03. The van der Waals surface area contributed by atoms with E-state index in [1.807, 2.05) is 0 Å². The highest BCUT2D eigenvalue weighted by molar-refractivity contribution is 5.87. The molecule has 2 aliphatic carbocycles. The molecule has 0 aromatic heterocycles. The van der Waals surface area contributed by atoms with E-state index in [0.29, 0.717) is 17.0 Å². The summed E-state index contributed by atoms with van der Waals surface area (Å²) < 4.78 is 0. The summed E-state index contributed by atoms with van der Waals surface area (Å²) in [7, 11) is 0. The minimum atomic E-state index is 0.164. The molecule has 1 aromatic rings. The Hall–Kier alpha value is -1.15. The normalized spacial score (nSPS) is 47.0. The van der Waals surface area contributed by atoms with E-state index >= 15 is 0 Å². The first-order chi connectivity index (χ1) is 10.5. The average Bonchev–Trinajstić information content (AvgIpc) is 2.98. The van der Waals surface area contributed by atoms with Crippen molar-refractivity contribution in [1.82, 2.24) is 5.32 Å². The van der Waals surface area contributed by atoms with Crippen LogP contribution in [0, 0.1) is 17.3 Å². The lowest BCUT2D eigenvalue weighted by molar-refractivity contribution is -0.00299. The standard InChI is InChI=1S/C20H26N2/c1-18(2)13-8-9-19(3)15(10-13)17(22-18)11-20(19)12-21-16-7-5-4-6-14(16)20/h4-7,12-13,15,17,22H,8-11H2,1-3H3/t13-,15+,17+,19+,20+/m0/s1. The number of nitrogens with zero attached hydrogens (tertiary/aromatic N) is 1. The minimum Gasteiger partial charge on any atom is -0.308 e. The number of hydrogen-bond donors (Lipinski definition) is 1. The van der Waals surface area contributed by atoms with Crippen molar-refractivity contribution in [2.24, 2.45) is 22.2 Å². The van der Waals surface area contributed by atoms with Crippen LogP contribution in [0.4, 0.5) is 5.69 Å². The summed E-state index contributed by atoms with van der Waals surface area (Å²) in [6.07, 6.45) is 7.66. The van der Waals surface area contributed by atoms with Gasteiger partial charge in [0.15, 0.2) is 0 Å². The minimum absolute atomic E-state index is 0.164. The van der Waals surface area contributed by atoms with Crippen LogP contribution >= 0.6 is 0 Å². The maximum atomic E-state index is 4.84. The third-order valence-corrected chi connectivity index (χ3v) is 7.80. The molecule has 1 saturated heterocycles. The molecular formula is C20H26N2. The van der Waals surface area contributed by atoms with Crippen molar-refractivity contribution in [3.8, 4) is 0 Å². The van der Waals surface area contributed by atoms with E-state index in [4.69, 9.17) is 4.99 Å². The van der Waals surface area contributed by atoms with Crippen LogP contribution in [0.15, 0.2) is 29.3 Å². The molecule has 4 aliphatic rings. The second kappa shape index (κ2) is 3.84. The number of hydrogen-bond acceptors (Lipinski definition) is 2. The van der Waals surface area contributed by atoms with Gasteiger partial charge in [-0.1, -0.05) is 25.1 Å². The highest BCUT2D eigenvalue weighted by Gasteiger charge is 2.66. The van der Waals surface area contributed by atoms with E-state index in [9.17, 15) is 0 Å². The Morgan fingerprint density at radius 2 is 2.00 bits per heavy atom. The zero-order chi connectivity index (χ0) is 15.2. The van der Waals surface area contributed by atoms with Crippen molar-refractivity contribution in [3.05, 3.63) is 29.8 Å². The molecule has 5 atom stereocenters. The van der Waals surface area contributed by atoms with Gasteiger partial charge in [0.05, 0.1) is 5.69 Å². The second-order valence-electron chi connectivity index (χ2n) is 8.92. The maximum Gasteiger partial charge on any atom is 0.0667 e. The van der Waals surface area contributed by atoms with Gasteiger partial charge in [0.1, 0.15) is 0 Å². The molecule has 1 aromatic carbocycles. The summed E-state index contributed by atoms with van der Waals surface area (Å²) in [5.41, 5.74) is 3.53. The molecule has 2 heteroatoms. The molecule has 5 rings (SSSR count). The zero-order valence-electron chi connectivity index (χ0n) is 13.9. The molecule has 2 bridgehead atoms. The SMILES string of the molecule is CC1(C)N[C@@H]2C[C@]3(C=Nc4ccccc43)[C@]3(C)CC[C@H]1C[C@H]23. The molecule has 0 unspecified atom stereocenters. The monoisotopic (exact) mass is 294 g/mol. The van der Waals surface area contributed by atoms with Gasteiger partial charge >= 0.3 is 0 Å². The lowest BCUT2D eigenvalue weighted by atomic mass is 9.53. The molecule has 2 nitrogen and oxygen atoms in total. The highest BCUT2D eigenvalue weighted by Crippen LogP contribution is 2.67. The Bertz CT molecular complexity index is 676. The predicted octanol–water partition coefficient (Wildman–Crippen LogP) is 4.22. The fourth-order valence-electron chi connectivity index (χ4n) is 6.46. The quantitative estimate of drug-likeness (QED) is 0.761. The number of fused-ring (bicyclic) bond motifs is 4. The van der Waals surface area contributed by atoms with Crippen LogP contribution < -0.4 is 5.32 Å². The Morgan fingerprint density at radius 3 is 2.86 bits per heavy atom. The summed E-state index contributed by atoms with van der Waals surface area (Å²) in [4.78, 5) is 4.84. The van der Waals surface area contributed by atoms with Gasteiger partial charge in [-0.15, -0.1) is 0 Å². The van der Waals surface area contributed by atoms with Gasteiger partial charge < -0.3 is 5.32 Å². The molecule has 1 spiro atoms. The number of piperidine rings is 1. The molecule has 116 valence electrons. The van der Waals surface area contributed by atoms with Crippen molar-refractivity contribution < 1.29 is 0 Å². The van der Waals surface area contributed by atoms with Crippen LogP contribution in [0.1, 0.15) is 52.0 Å². The summed E-state index contributed by atoms with van der Waals surface area (Å²) >= 11 is 0. The van der Waals surface area contributed by atoms with E-state index in [-0.39, 0.29) is 5.41 Å². The first-order valence-electron chi connectivity index (χ1n) is 8.89. The van der Waals surface area contributed by atoms with Crippen LogP contribution in [-0.4, -0.2) is 17.8 Å². The molecule has 2 aliphatic heterocycles. The molecule has 3 fully saturated rings. The third-order valence-electron chi connectivity index (χ3n) is 7.80. The largest absolute Gasteiger partial charge is 0.308 e. The van der Waals surface area contributed by atoms with E-state index in [1.54, 1.807) is 0 Å². The number of benzene rings is 1. The number of nitrogens with one attached hydrogen (secondary N) is 1. The first-order valence-corrected chi connectivity index (χ1v) is 8.89. The molecule has 1 N–H and O–H groups in total. The van der Waals surface area contributed by atoms with Crippen LogP contribution in [0.25, 0.3) is 0 Å². The molecule has 2 heterocycles. The van der Waals surface area contributed by atoms with E-state index in [2.05, 4.69) is 56.6 Å². The van der Waals surface area contributed by atoms with Crippen LogP contribution in [-0.2, 0) is 5.41 Å². The average molecular weight is 294 g/mol. The number of aliphatic imine (C=N–C) groups is 1. The fraction of sp³-hybridized carbons (Fsp3) is 0.650. The van der Waals surface area contributed by atoms with Gasteiger partial charge in [-0.05, 0) is 68.4 Å². The topological polar surface area (TPSA) is 24.4 Å². The van der Waals surface area contributed by atoms with Crippen LogP contribution in [0.2, 0.25) is 0 Å². The Morgan fingerprint density at radius 1 is 1.18 bits per heavy atom. The Balaban J connectivity index is 1.68. The smallest absolute Gasteiger partial charge is 0.0667 e. The van der Waals surface area contributed by atoms with Crippen molar-refractivity contribution in [2.45, 2.75) is 63.5 Å². The third kappa shape index (κ3) is 1.34. The van der Waals surface area contributed by atoms with Crippen LogP contribution in [0.5, 0.6) is 0 Å². The number of para-hydroxylation sites is 1. The zero-order valence-corrected chi connectivity index (χ0v) is 13.9. The summed E-state index contributed by atoms with van der Waals surface area (Å²) in [6.45, 7) is 7.39. The molecule has 22 heavy (non-hydrogen) atoms. The van der Waals surface area contributed by atoms with Gasteiger partial charge in [-0.25, -0.2) is 0 Å². The first kappa shape index (κ1) is 13.3. The van der Waals surface area contributed by atoms with E-state index in [1.165, 1.54) is 36.9 Å². The van der Waals surface area contributed by atoms with Gasteiger partial charge in [0.25, 0.3) is 0 Å². The second-order valence-corrected chi connectivity index (χ2v) is 8.92. The fourth-order valence-corrected chi connectivity index (χ4v) is 6.46. The van der Waals surface area contributed by atoms with E-state index < -0.39 is 0 Å². The van der Waals surface area contributed by atoms with Crippen LogP contribution in [0.3, 0.4) is 0 Å². The lowest BCUT2D eigenvalue weighted by Gasteiger charge is -2.55. The Kier molecular flexibility index (Phi) is 2.32. The van der Waals surface area contributed by atoms with Gasteiger partial charge in [0.2, 0.25) is 0 Å². The molecule has 0 radical (unpaired) electrons.